The van der Waals surface area contributed by atoms with Crippen molar-refractivity contribution in [3.05, 3.63) is 94.6 Å². The third kappa shape index (κ3) is 10.7. The number of nitrogens with zero attached hydrogens (tertiary/aromatic N) is 2. The molecular formula is C30H34Br2N2. The van der Waals surface area contributed by atoms with Crippen molar-refractivity contribution in [2.75, 3.05) is 0 Å². The zero-order valence-electron chi connectivity index (χ0n) is 20.7. The van der Waals surface area contributed by atoms with Crippen LogP contribution in [0.1, 0.15) is 59.1 Å². The predicted molar refractivity (Wildman–Crippen MR) is 131 cm³/mol. The van der Waals surface area contributed by atoms with E-state index in [-0.39, 0.29) is 34.0 Å². The maximum Gasteiger partial charge on any atom is 0.171 e. The summed E-state index contributed by atoms with van der Waals surface area (Å²) in [6.45, 7) is 10.6. The molecule has 0 atom stereocenters. The van der Waals surface area contributed by atoms with Crippen LogP contribution in [0.2, 0.25) is 0 Å². The van der Waals surface area contributed by atoms with Gasteiger partial charge in [0.15, 0.2) is 24.8 Å². The van der Waals surface area contributed by atoms with Gasteiger partial charge in [0.1, 0.15) is 13.1 Å². The molecule has 0 bridgehead atoms. The van der Waals surface area contributed by atoms with Crippen LogP contribution >= 0.6 is 0 Å². The van der Waals surface area contributed by atoms with E-state index < -0.39 is 0 Å². The van der Waals surface area contributed by atoms with Gasteiger partial charge >= 0.3 is 0 Å². The molecule has 0 amide bonds. The van der Waals surface area contributed by atoms with Crippen molar-refractivity contribution in [2.24, 2.45) is 0 Å². The van der Waals surface area contributed by atoms with Crippen LogP contribution in [0, 0.1) is 51.4 Å². The zero-order valence-corrected chi connectivity index (χ0v) is 23.8. The molecule has 0 saturated heterocycles. The maximum atomic E-state index is 3.32. The lowest BCUT2D eigenvalue weighted by atomic mass is 10.1. The van der Waals surface area contributed by atoms with E-state index in [0.717, 1.165) is 49.9 Å². The van der Waals surface area contributed by atoms with Crippen molar-refractivity contribution in [2.45, 2.75) is 66.5 Å². The fourth-order valence-corrected chi connectivity index (χ4v) is 3.95. The number of aromatic nitrogens is 2. The molecule has 0 aliphatic heterocycles. The number of benzene rings is 1. The molecule has 0 radical (unpaired) electrons. The van der Waals surface area contributed by atoms with Gasteiger partial charge in [-0.1, -0.05) is 29.7 Å². The van der Waals surface area contributed by atoms with E-state index in [4.69, 9.17) is 0 Å². The van der Waals surface area contributed by atoms with Gasteiger partial charge in [-0.15, -0.1) is 0 Å². The quantitative estimate of drug-likeness (QED) is 0.204. The Morgan fingerprint density at radius 2 is 0.971 bits per heavy atom. The highest BCUT2D eigenvalue weighted by atomic mass is 79.9. The van der Waals surface area contributed by atoms with Gasteiger partial charge in [-0.05, 0) is 58.0 Å². The van der Waals surface area contributed by atoms with Gasteiger partial charge in [0.2, 0.25) is 0 Å². The fraction of sp³-hybridized carbons (Fsp3) is 0.333. The second kappa shape index (κ2) is 15.5. The van der Waals surface area contributed by atoms with Crippen molar-refractivity contribution in [1.82, 2.24) is 0 Å². The normalized spacial score (nSPS) is 9.53. The number of hydrogen-bond acceptors (Lipinski definition) is 0. The molecule has 0 aliphatic rings. The van der Waals surface area contributed by atoms with E-state index in [0.29, 0.717) is 0 Å². The monoisotopic (exact) mass is 580 g/mol. The second-order valence-electron chi connectivity index (χ2n) is 8.65. The number of pyridine rings is 2. The fourth-order valence-electron chi connectivity index (χ4n) is 3.95. The summed E-state index contributed by atoms with van der Waals surface area (Å²) in [6, 6.07) is 12.7. The number of halogens is 2. The minimum absolute atomic E-state index is 0. The van der Waals surface area contributed by atoms with Gasteiger partial charge in [0.25, 0.3) is 0 Å². The topological polar surface area (TPSA) is 7.76 Å². The van der Waals surface area contributed by atoms with E-state index in [2.05, 4.69) is 116 Å². The highest BCUT2D eigenvalue weighted by Gasteiger charge is 2.03. The van der Waals surface area contributed by atoms with E-state index in [1.54, 1.807) is 0 Å². The zero-order chi connectivity index (χ0) is 22.8. The van der Waals surface area contributed by atoms with Gasteiger partial charge in [0.05, 0.1) is 0 Å². The molecule has 34 heavy (non-hydrogen) atoms. The first-order valence-electron chi connectivity index (χ1n) is 11.5. The summed E-state index contributed by atoms with van der Waals surface area (Å²) >= 11 is 0. The Balaban J connectivity index is 0.00000289. The van der Waals surface area contributed by atoms with Crippen molar-refractivity contribution < 1.29 is 43.1 Å². The van der Waals surface area contributed by atoms with E-state index in [1.807, 2.05) is 6.07 Å². The first-order chi connectivity index (χ1) is 15.5. The van der Waals surface area contributed by atoms with Crippen LogP contribution in [0.25, 0.3) is 0 Å². The Morgan fingerprint density at radius 3 is 1.35 bits per heavy atom. The molecule has 0 aliphatic carbocycles. The number of rotatable bonds is 6. The lowest BCUT2D eigenvalue weighted by Gasteiger charge is -1.98. The largest absolute Gasteiger partial charge is 1.00 e. The average molecular weight is 582 g/mol. The second-order valence-corrected chi connectivity index (χ2v) is 8.65. The van der Waals surface area contributed by atoms with Crippen LogP contribution < -0.4 is 43.1 Å². The number of hydrogen-bond donors (Lipinski definition) is 0. The van der Waals surface area contributed by atoms with Crippen molar-refractivity contribution in [3.63, 3.8) is 0 Å². The smallest absolute Gasteiger partial charge is 0.171 e. The van der Waals surface area contributed by atoms with Gasteiger partial charge in [0, 0.05) is 59.1 Å². The lowest BCUT2D eigenvalue weighted by Crippen LogP contribution is -3.00. The van der Waals surface area contributed by atoms with Gasteiger partial charge in [-0.3, -0.25) is 0 Å². The molecule has 3 aromatic rings. The van der Waals surface area contributed by atoms with Crippen molar-refractivity contribution in [3.8, 4) is 23.7 Å². The summed E-state index contributed by atoms with van der Waals surface area (Å²) in [4.78, 5) is 0. The summed E-state index contributed by atoms with van der Waals surface area (Å²) < 4.78 is 4.53. The van der Waals surface area contributed by atoms with Crippen molar-refractivity contribution >= 4 is 0 Å². The van der Waals surface area contributed by atoms with Crippen molar-refractivity contribution in [1.29, 1.82) is 0 Å². The summed E-state index contributed by atoms with van der Waals surface area (Å²) in [6.07, 6.45) is 12.7. The Morgan fingerprint density at radius 1 is 0.588 bits per heavy atom. The van der Waals surface area contributed by atoms with Gasteiger partial charge in [-0.2, -0.15) is 0 Å². The molecule has 0 N–H and O–H groups in total. The van der Waals surface area contributed by atoms with Crippen LogP contribution in [-0.4, -0.2) is 0 Å². The lowest BCUT2D eigenvalue weighted by molar-refractivity contribution is -0.697. The first-order valence-corrected chi connectivity index (χ1v) is 11.5. The maximum absolute atomic E-state index is 3.32. The highest BCUT2D eigenvalue weighted by molar-refractivity contribution is 5.43. The molecule has 0 unspecified atom stereocenters. The summed E-state index contributed by atoms with van der Waals surface area (Å²) in [7, 11) is 0. The summed E-state index contributed by atoms with van der Waals surface area (Å²) in [5, 5.41) is 0. The molecular weight excluding hydrogens is 548 g/mol. The van der Waals surface area contributed by atoms with Crippen LogP contribution in [0.15, 0.2) is 61.2 Å². The summed E-state index contributed by atoms with van der Waals surface area (Å²) in [5.74, 6) is 13.2. The van der Waals surface area contributed by atoms with E-state index in [1.165, 1.54) is 22.3 Å². The van der Waals surface area contributed by atoms with Gasteiger partial charge < -0.3 is 34.0 Å². The molecule has 178 valence electrons. The highest BCUT2D eigenvalue weighted by Crippen LogP contribution is 2.04. The SMILES string of the molecule is Cc1cc(C)c[n+](CCCC#Cc2cccc(C#CCCC[n+]3cc(C)cc(C)c3)c2)c1.[Br-].[Br-]. The molecule has 0 fully saturated rings. The molecule has 2 heterocycles. The number of unbranched alkanes of at least 4 members (excludes halogenated alkanes) is 2. The van der Waals surface area contributed by atoms with Crippen LogP contribution in [0.5, 0.6) is 0 Å². The third-order valence-corrected chi connectivity index (χ3v) is 5.15. The molecule has 3 rings (SSSR count). The summed E-state index contributed by atoms with van der Waals surface area (Å²) in [5.41, 5.74) is 7.30. The molecule has 4 heteroatoms. The third-order valence-electron chi connectivity index (χ3n) is 5.15. The molecule has 2 aromatic heterocycles. The molecule has 0 saturated carbocycles. The Kier molecular flexibility index (Phi) is 13.5. The molecule has 0 spiro atoms. The standard InChI is InChI=1S/C30H34N2.2BrH/c1-25-18-26(2)22-31(21-25)16-9-5-7-12-29-14-11-15-30(20-29)13-8-6-10-17-32-23-27(3)19-28(4)24-32;;/h11,14-15,18-24H,5-6,9-10,16-17H2,1-4H3;2*1H/q+2;;/p-2. The first kappa shape index (κ1) is 29.6. The minimum Gasteiger partial charge on any atom is -1.00 e. The van der Waals surface area contributed by atoms with Crippen LogP contribution in [-0.2, 0) is 13.1 Å². The van der Waals surface area contributed by atoms with Crippen LogP contribution in [0.3, 0.4) is 0 Å². The molecule has 1 aromatic carbocycles. The van der Waals surface area contributed by atoms with E-state index >= 15 is 0 Å². The minimum atomic E-state index is 0. The Bertz CT molecular complexity index is 1060. The average Bonchev–Trinajstić information content (AvgIpc) is 2.72. The number of aryl methyl sites for hydroxylation is 6. The van der Waals surface area contributed by atoms with E-state index in [9.17, 15) is 0 Å². The molecule has 2 nitrogen and oxygen atoms in total. The van der Waals surface area contributed by atoms with Gasteiger partial charge in [-0.25, -0.2) is 9.13 Å². The Labute approximate surface area is 227 Å². The Hall–Kier alpha value is -2.40. The predicted octanol–water partition coefficient (Wildman–Crippen LogP) is -0.833. The van der Waals surface area contributed by atoms with Crippen LogP contribution in [0.4, 0.5) is 0 Å².